The van der Waals surface area contributed by atoms with Crippen molar-refractivity contribution in [3.63, 3.8) is 0 Å². The van der Waals surface area contributed by atoms with Crippen molar-refractivity contribution in [2.24, 2.45) is 5.73 Å². The Hall–Kier alpha value is -9.63. The number of allylic oxidation sites excluding steroid dienone is 1. The van der Waals surface area contributed by atoms with Gasteiger partial charge >= 0.3 is 11.9 Å². The summed E-state index contributed by atoms with van der Waals surface area (Å²) in [6.45, 7) is 7.01. The monoisotopic (exact) mass is 1560 g/mol. The summed E-state index contributed by atoms with van der Waals surface area (Å²) in [6.07, 6.45) is -8.14. The molecule has 0 saturated carbocycles. The molecule has 11 heterocycles. The maximum Gasteiger partial charge on any atom is 0.358 e. The third-order valence-corrected chi connectivity index (χ3v) is 22.3. The van der Waals surface area contributed by atoms with E-state index < -0.39 is 162 Å². The summed E-state index contributed by atoms with van der Waals surface area (Å²) in [5.41, 5.74) is 1.82. The van der Waals surface area contributed by atoms with Crippen LogP contribution in [0.25, 0.3) is 49.3 Å². The molecule has 1 fully saturated rings. The number of ether oxygens (including phenoxy) is 6. The molecule has 8 aromatic rings. The van der Waals surface area contributed by atoms with E-state index in [0.717, 1.165) is 61.4 Å². The van der Waals surface area contributed by atoms with Crippen LogP contribution in [0.4, 0.5) is 0 Å². The molecule has 35 nitrogen and oxygen atoms in total. The number of nitrogens with zero attached hydrogens (tertiary/aromatic N) is 8. The Labute approximate surface area is 615 Å². The number of thiazole rings is 5. The minimum atomic E-state index is -4.54. The molecule has 1 aromatic carbocycles. The molecule has 4 aliphatic heterocycles. The summed E-state index contributed by atoms with van der Waals surface area (Å²) in [6, 6.07) is 0.468. The fraction of sp³-hybridized carbons (Fsp3) is 0.375. The molecule has 0 radical (unpaired) electrons. The van der Waals surface area contributed by atoms with Crippen LogP contribution in [0, 0.1) is 0 Å². The van der Waals surface area contributed by atoms with Gasteiger partial charge in [-0.15, -0.1) is 56.7 Å². The Balaban J connectivity index is 1.06. The molecule has 554 valence electrons. The van der Waals surface area contributed by atoms with Crippen LogP contribution >= 0.6 is 56.7 Å². The lowest BCUT2D eigenvalue weighted by Crippen LogP contribution is -2.62. The molecule has 0 unspecified atom stereocenters. The molecule has 6 amide bonds. The third kappa shape index (κ3) is 15.9. The van der Waals surface area contributed by atoms with Crippen LogP contribution in [0.15, 0.2) is 69.2 Å². The summed E-state index contributed by atoms with van der Waals surface area (Å²) in [5, 5.41) is 55.2. The number of fused-ring (bicyclic) bond motifs is 15. The fourth-order valence-corrected chi connectivity index (χ4v) is 16.9. The van der Waals surface area contributed by atoms with Crippen molar-refractivity contribution >= 4 is 131 Å². The van der Waals surface area contributed by atoms with Crippen LogP contribution < -0.4 is 37.2 Å². The van der Waals surface area contributed by atoms with Gasteiger partial charge in [-0.05, 0) is 59.5 Å². The molecule has 105 heavy (non-hydrogen) atoms. The van der Waals surface area contributed by atoms with E-state index in [1.165, 1.54) is 60.0 Å². The van der Waals surface area contributed by atoms with Gasteiger partial charge in [0.05, 0.1) is 54.5 Å². The number of esters is 2. The zero-order valence-corrected chi connectivity index (χ0v) is 61.3. The lowest BCUT2D eigenvalue weighted by Gasteiger charge is -2.48. The number of hydrogen-bond donors (Lipinski definition) is 10. The number of likely N-dealkylation sites (N-methyl/N-ethyl adjacent to an activating group) is 1. The van der Waals surface area contributed by atoms with Crippen molar-refractivity contribution < 1.29 is 99.9 Å². The van der Waals surface area contributed by atoms with Gasteiger partial charge in [-0.3, -0.25) is 33.3 Å². The van der Waals surface area contributed by atoms with Crippen LogP contribution in [0.2, 0.25) is 0 Å². The maximum absolute atomic E-state index is 15.6. The molecular weight excluding hydrogens is 1490 g/mol. The number of carbonyl (C=O) groups is 8. The normalized spacial score (nSPS) is 23.3. The SMILES string of the molecule is C=C(NC(=O)c1csc(-c2nc3c(cc2O)-c2nc(cs2)C(=O)N[C@@H]([C@@H](C)O)C(=O)N/C(=C(\C)OC)c2nc(cs2)C(=O)N[C@@H]2c4nc(cs4)C(=O)N[C@@H](COC(=O)c4c5c6c(cccc6n4OCCCS(=O)(=O)O)COC(=O)[C@@H](O[C@H]4C[C@](C)(O)[C@H](N(C)C)[C@H](C)O4)[C@H]2OC5)c2nc-3cs2)n1)C(N)=O. The highest BCUT2D eigenvalue weighted by molar-refractivity contribution is 7.85. The number of carbonyl (C=O) groups excluding carboxylic acids is 8. The van der Waals surface area contributed by atoms with E-state index in [1.54, 1.807) is 45.0 Å². The minimum absolute atomic E-state index is 0.00442. The molecular formula is C64H66N14O21S6. The lowest BCUT2D eigenvalue weighted by atomic mass is 9.85. The van der Waals surface area contributed by atoms with Gasteiger partial charge in [0.15, 0.2) is 18.1 Å². The van der Waals surface area contributed by atoms with Gasteiger partial charge in [0.25, 0.3) is 39.7 Å². The van der Waals surface area contributed by atoms with E-state index >= 15 is 19.2 Å². The predicted octanol–water partition coefficient (Wildman–Crippen LogP) is 3.36. The second kappa shape index (κ2) is 30.5. The van der Waals surface area contributed by atoms with E-state index in [9.17, 15) is 47.5 Å². The number of benzene rings is 1. The van der Waals surface area contributed by atoms with E-state index in [-0.39, 0.29) is 122 Å². The van der Waals surface area contributed by atoms with Gasteiger partial charge in [0.1, 0.15) is 126 Å². The summed E-state index contributed by atoms with van der Waals surface area (Å²) in [5.74, 6) is -9.28. The van der Waals surface area contributed by atoms with E-state index in [0.29, 0.717) is 0 Å². The molecule has 41 heteroatoms. The van der Waals surface area contributed by atoms with Gasteiger partial charge in [-0.25, -0.2) is 39.5 Å². The van der Waals surface area contributed by atoms with Gasteiger partial charge in [-0.1, -0.05) is 18.7 Å². The van der Waals surface area contributed by atoms with Crippen LogP contribution in [0.3, 0.4) is 0 Å². The number of nitrogens with one attached hydrogen (secondary N) is 5. The largest absolute Gasteiger partial charge is 0.506 e. The van der Waals surface area contributed by atoms with Crippen LogP contribution in [0.1, 0.15) is 131 Å². The summed E-state index contributed by atoms with van der Waals surface area (Å²) in [7, 11) is 0.254. The molecule has 12 bridgehead atoms. The van der Waals surface area contributed by atoms with Gasteiger partial charge in [-0.2, -0.15) is 13.1 Å². The number of nitrogens with two attached hydrogens (primary N) is 1. The van der Waals surface area contributed by atoms with Crippen molar-refractivity contribution in [3.05, 3.63) is 124 Å². The number of rotatable bonds is 14. The fourth-order valence-electron chi connectivity index (χ4n) is 12.2. The molecule has 12 rings (SSSR count). The highest BCUT2D eigenvalue weighted by Crippen LogP contribution is 2.43. The number of aromatic nitrogens is 7. The number of aromatic hydroxyl groups is 1. The van der Waals surface area contributed by atoms with Gasteiger partial charge in [0.2, 0.25) is 5.91 Å². The molecule has 11 N–H and O–H groups in total. The van der Waals surface area contributed by atoms with Crippen molar-refractivity contribution in [1.29, 1.82) is 0 Å². The first-order valence-electron chi connectivity index (χ1n) is 31.7. The quantitative estimate of drug-likeness (QED) is 0.0245. The zero-order valence-electron chi connectivity index (χ0n) is 56.4. The highest BCUT2D eigenvalue weighted by Gasteiger charge is 2.50. The maximum atomic E-state index is 15.6. The number of methoxy groups -OCH3 is 1. The first kappa shape index (κ1) is 75.1. The van der Waals surface area contributed by atoms with Crippen molar-refractivity contribution in [1.82, 2.24) is 66.1 Å². The smallest absolute Gasteiger partial charge is 0.358 e. The number of pyridine rings is 1. The zero-order chi connectivity index (χ0) is 75.2. The summed E-state index contributed by atoms with van der Waals surface area (Å²) < 4.78 is 72.9. The Kier molecular flexibility index (Phi) is 21.8. The van der Waals surface area contributed by atoms with Crippen molar-refractivity contribution in [2.45, 2.75) is 114 Å². The van der Waals surface area contributed by atoms with Crippen molar-refractivity contribution in [2.75, 3.05) is 40.2 Å². The summed E-state index contributed by atoms with van der Waals surface area (Å²) >= 11 is 4.34. The summed E-state index contributed by atoms with van der Waals surface area (Å²) in [4.78, 5) is 151. The van der Waals surface area contributed by atoms with E-state index in [4.69, 9.17) is 53.9 Å². The Morgan fingerprint density at radius 1 is 0.876 bits per heavy atom. The van der Waals surface area contributed by atoms with E-state index in [1.807, 2.05) is 0 Å². The number of aliphatic hydroxyl groups is 2. The average molecular weight is 1560 g/mol. The highest BCUT2D eigenvalue weighted by atomic mass is 32.2. The number of hydrogen-bond acceptors (Lipinski definition) is 32. The second-order valence-corrected chi connectivity index (χ2v) is 30.7. The molecule has 7 aromatic heterocycles. The Morgan fingerprint density at radius 3 is 2.25 bits per heavy atom. The number of aliphatic hydroxyl groups excluding tert-OH is 1. The number of primary amides is 1. The standard InChI is InChI=1S/C64H66N14O21S6/c1-25(51(65)81)66-52(82)34-22-103-60(71-34)45-39(80)15-30-44(73-45)33-20-101-58(68-33)32-19-96-62(87)47-31-18-94-48(49(99-40-16-64(5,89)50(77(6)7)28(4)98-40)63(88)95-17-29-11-9-12-38(41(29)31)78(47)97-13-10-14-105(90,91)92)46(61-72-35(23-104-61)53(83)67-32)76-55(85)37-24-102-59(70-37)43(27(3)93-8)75-56(86)42(26(2)79)74-54(84)36-21-100-57(30)69-36/h9,11-12,15,20-24,26,28,32,40,42,46,48-50,79-80,89H,1,10,13-14,16-19H2,2-8H3,(H2,65,81)(H,66,82)(H,67,83)(H,74,84)(H,75,86)(H,76,85)(H,90,91,92)/b43-27+/t26-,28+,32+,40+,42+,46+,48+,49+,50-,64+/m1/s1. The molecule has 0 aliphatic carbocycles. The predicted molar refractivity (Wildman–Crippen MR) is 375 cm³/mol. The molecule has 0 spiro atoms. The van der Waals surface area contributed by atoms with Gasteiger partial charge in [0, 0.05) is 56.3 Å². The van der Waals surface area contributed by atoms with E-state index in [2.05, 4.69) is 48.1 Å². The lowest BCUT2D eigenvalue weighted by molar-refractivity contribution is -0.280. The third-order valence-electron chi connectivity index (χ3n) is 17.1. The van der Waals surface area contributed by atoms with Crippen LogP contribution in [-0.2, 0) is 66.1 Å². The van der Waals surface area contributed by atoms with Crippen LogP contribution in [0.5, 0.6) is 5.75 Å². The number of cyclic esters (lactones) is 2. The van der Waals surface area contributed by atoms with Gasteiger partial charge < -0.3 is 85.8 Å². The average Bonchev–Trinajstić information content (AvgIpc) is 1.53. The van der Waals surface area contributed by atoms with Crippen LogP contribution in [-0.4, -0.2) is 204 Å². The topological polar surface area (TPSA) is 488 Å². The Morgan fingerprint density at radius 2 is 1.54 bits per heavy atom. The minimum Gasteiger partial charge on any atom is -0.506 e. The molecule has 4 aliphatic rings. The number of amides is 6. The Bertz CT molecular complexity index is 4960. The van der Waals surface area contributed by atoms with Crippen molar-refractivity contribution in [3.8, 4) is 38.4 Å². The second-order valence-electron chi connectivity index (χ2n) is 24.8. The first-order chi connectivity index (χ1) is 49.9. The molecule has 10 atom stereocenters. The molecule has 1 saturated heterocycles. The first-order valence-corrected chi connectivity index (χ1v) is 37.8.